The number of hydrogen-bond acceptors (Lipinski definition) is 6. The summed E-state index contributed by atoms with van der Waals surface area (Å²) in [4.78, 5) is 36.0. The molecule has 0 aliphatic heterocycles. The van der Waals surface area contributed by atoms with Gasteiger partial charge in [0.15, 0.2) is 5.78 Å². The average molecular weight is 560 g/mol. The van der Waals surface area contributed by atoms with E-state index in [1.807, 2.05) is 22.6 Å². The van der Waals surface area contributed by atoms with Gasteiger partial charge < -0.3 is 14.6 Å². The van der Waals surface area contributed by atoms with Crippen LogP contribution in [0.5, 0.6) is 0 Å². The monoisotopic (exact) mass is 560 g/mol. The Labute approximate surface area is 204 Å². The maximum absolute atomic E-state index is 13.0. The molecule has 4 aliphatic carbocycles. The minimum atomic E-state index is -0.843. The van der Waals surface area contributed by atoms with Crippen LogP contribution in [0.25, 0.3) is 0 Å². The fourth-order valence-electron chi connectivity index (χ4n) is 8.33. The Morgan fingerprint density at radius 3 is 2.44 bits per heavy atom. The van der Waals surface area contributed by atoms with Crippen molar-refractivity contribution < 1.29 is 29.0 Å². The molecule has 0 bridgehead atoms. The van der Waals surface area contributed by atoms with E-state index in [0.717, 1.165) is 44.9 Å². The summed E-state index contributed by atoms with van der Waals surface area (Å²) in [6.45, 7) is 5.81. The van der Waals surface area contributed by atoms with Crippen molar-refractivity contribution in [1.29, 1.82) is 0 Å². The van der Waals surface area contributed by atoms with Gasteiger partial charge in [0.1, 0.15) is 12.7 Å². The summed E-state index contributed by atoms with van der Waals surface area (Å²) in [5, 5.41) is 12.2. The highest BCUT2D eigenvalue weighted by atomic mass is 127. The van der Waals surface area contributed by atoms with Gasteiger partial charge in [-0.1, -0.05) is 36.4 Å². The number of Topliss-reactive ketones (excluding diaryl/α,β-unsaturated/α-hetero) is 1. The van der Waals surface area contributed by atoms with Crippen molar-refractivity contribution >= 4 is 40.3 Å². The second-order valence-corrected chi connectivity index (χ2v) is 12.0. The molecule has 0 saturated heterocycles. The molecule has 4 saturated carbocycles. The number of rotatable bonds is 5. The van der Waals surface area contributed by atoms with Crippen LogP contribution in [0.1, 0.15) is 78.6 Å². The Morgan fingerprint density at radius 1 is 1.00 bits per heavy atom. The first kappa shape index (κ1) is 24.4. The number of ketones is 1. The van der Waals surface area contributed by atoms with Gasteiger partial charge in [-0.15, -0.1) is 0 Å². The van der Waals surface area contributed by atoms with Crippen LogP contribution in [0.15, 0.2) is 0 Å². The summed E-state index contributed by atoms with van der Waals surface area (Å²) in [6.07, 6.45) is 8.06. The molecule has 180 valence electrons. The fraction of sp³-hybridized carbons (Fsp3) is 0.880. The zero-order valence-corrected chi connectivity index (χ0v) is 21.7. The number of hydrogen-bond donors (Lipinski definition) is 1. The number of aliphatic hydroxyl groups is 1. The van der Waals surface area contributed by atoms with Gasteiger partial charge in [0.2, 0.25) is 0 Å². The first-order valence-corrected chi connectivity index (χ1v) is 13.7. The number of carbonyl (C=O) groups excluding carboxylic acids is 3. The van der Waals surface area contributed by atoms with Gasteiger partial charge >= 0.3 is 11.9 Å². The predicted octanol–water partition coefficient (Wildman–Crippen LogP) is 4.24. The highest BCUT2D eigenvalue weighted by Crippen LogP contribution is 2.69. The van der Waals surface area contributed by atoms with Crippen molar-refractivity contribution in [2.24, 2.45) is 34.5 Å². The fourth-order valence-corrected chi connectivity index (χ4v) is 8.55. The standard InChI is InChI=1S/C25H37IO6/c1-15(27)32-17-6-9-23(2)16(12-17)4-5-19-18(23)7-10-24(3)20(8-11-25(19,24)30)21(28)14-31-22(29)13-26/h16-20,30H,4-14H2,1-3H3/t16-,17+,18+,19-,20+,23+,24-,25+/m1/s1. The lowest BCUT2D eigenvalue weighted by molar-refractivity contribution is -0.212. The minimum Gasteiger partial charge on any atom is -0.463 e. The molecule has 0 amide bonds. The molecule has 8 atom stereocenters. The molecule has 0 radical (unpaired) electrons. The SMILES string of the molecule is CC(=O)O[C@H]1CC[C@@]2(C)[C@H](CC[C@@H]3[C@@H]2CC[C@]2(C)[C@H](C(=O)COC(=O)CI)CC[C@]32O)C1. The summed E-state index contributed by atoms with van der Waals surface area (Å²) in [5.41, 5.74) is -1.15. The molecule has 0 spiro atoms. The van der Waals surface area contributed by atoms with Gasteiger partial charge in [0, 0.05) is 18.3 Å². The van der Waals surface area contributed by atoms with Crippen LogP contribution in [0.3, 0.4) is 0 Å². The van der Waals surface area contributed by atoms with Gasteiger partial charge in [-0.3, -0.25) is 14.4 Å². The molecule has 0 aromatic rings. The Hall–Kier alpha value is -0.700. The van der Waals surface area contributed by atoms with Crippen molar-refractivity contribution in [3.05, 3.63) is 0 Å². The first-order valence-electron chi connectivity index (χ1n) is 12.2. The average Bonchev–Trinajstić information content (AvgIpc) is 3.03. The van der Waals surface area contributed by atoms with Crippen molar-refractivity contribution in [2.75, 3.05) is 11.0 Å². The summed E-state index contributed by atoms with van der Waals surface area (Å²) in [6, 6.07) is 0. The predicted molar refractivity (Wildman–Crippen MR) is 127 cm³/mol. The largest absolute Gasteiger partial charge is 0.463 e. The topological polar surface area (TPSA) is 89.9 Å². The number of esters is 2. The molecular weight excluding hydrogens is 523 g/mol. The molecule has 1 N–H and O–H groups in total. The normalized spacial score (nSPS) is 45.2. The van der Waals surface area contributed by atoms with E-state index in [-0.39, 0.29) is 52.1 Å². The van der Waals surface area contributed by atoms with Gasteiger partial charge in [0.25, 0.3) is 0 Å². The van der Waals surface area contributed by atoms with Crippen molar-refractivity contribution in [2.45, 2.75) is 90.3 Å². The summed E-state index contributed by atoms with van der Waals surface area (Å²) >= 11 is 1.94. The Bertz CT molecular complexity index is 784. The van der Waals surface area contributed by atoms with E-state index in [9.17, 15) is 19.5 Å². The lowest BCUT2D eigenvalue weighted by atomic mass is 9.43. The summed E-state index contributed by atoms with van der Waals surface area (Å²) in [5.74, 6) is 0.298. The van der Waals surface area contributed by atoms with Crippen LogP contribution in [0, 0.1) is 34.5 Å². The van der Waals surface area contributed by atoms with E-state index in [2.05, 4.69) is 13.8 Å². The molecular formula is C25H37IO6. The molecule has 4 aliphatic rings. The third-order valence-electron chi connectivity index (χ3n) is 10.0. The molecule has 0 aromatic carbocycles. The number of ether oxygens (including phenoxy) is 2. The lowest BCUT2D eigenvalue weighted by Crippen LogP contribution is -2.62. The van der Waals surface area contributed by atoms with E-state index in [0.29, 0.717) is 24.7 Å². The Morgan fingerprint density at radius 2 is 1.75 bits per heavy atom. The van der Waals surface area contributed by atoms with Crippen molar-refractivity contribution in [1.82, 2.24) is 0 Å². The van der Waals surface area contributed by atoms with E-state index >= 15 is 0 Å². The third kappa shape index (κ3) is 3.83. The van der Waals surface area contributed by atoms with Crippen LogP contribution in [-0.2, 0) is 23.9 Å². The molecule has 0 heterocycles. The molecule has 4 fully saturated rings. The minimum absolute atomic E-state index is 0.0257. The maximum atomic E-state index is 13.0. The molecule has 4 rings (SSSR count). The third-order valence-corrected chi connectivity index (χ3v) is 10.6. The van der Waals surface area contributed by atoms with E-state index < -0.39 is 11.0 Å². The quantitative estimate of drug-likeness (QED) is 0.308. The highest BCUT2D eigenvalue weighted by molar-refractivity contribution is 14.1. The van der Waals surface area contributed by atoms with E-state index in [1.54, 1.807) is 0 Å². The zero-order valence-electron chi connectivity index (χ0n) is 19.5. The summed E-state index contributed by atoms with van der Waals surface area (Å²) < 4.78 is 10.9. The van der Waals surface area contributed by atoms with Crippen LogP contribution < -0.4 is 0 Å². The lowest BCUT2D eigenvalue weighted by Gasteiger charge is -2.63. The number of fused-ring (bicyclic) bond motifs is 5. The molecule has 0 unspecified atom stereocenters. The van der Waals surface area contributed by atoms with Gasteiger partial charge in [0.05, 0.1) is 10.0 Å². The second kappa shape index (κ2) is 8.82. The molecule has 0 aromatic heterocycles. The van der Waals surface area contributed by atoms with Gasteiger partial charge in [-0.05, 0) is 81.0 Å². The van der Waals surface area contributed by atoms with Gasteiger partial charge in [-0.25, -0.2) is 0 Å². The highest BCUT2D eigenvalue weighted by Gasteiger charge is 2.68. The number of carbonyl (C=O) groups is 3. The molecule has 7 heteroatoms. The van der Waals surface area contributed by atoms with E-state index in [4.69, 9.17) is 9.47 Å². The smallest absolute Gasteiger partial charge is 0.316 e. The van der Waals surface area contributed by atoms with E-state index in [1.165, 1.54) is 6.92 Å². The molecule has 32 heavy (non-hydrogen) atoms. The zero-order chi connectivity index (χ0) is 23.3. The number of halogens is 1. The summed E-state index contributed by atoms with van der Waals surface area (Å²) in [7, 11) is 0. The van der Waals surface area contributed by atoms with Crippen LogP contribution >= 0.6 is 22.6 Å². The Kier molecular flexibility index (Phi) is 6.73. The van der Waals surface area contributed by atoms with Crippen molar-refractivity contribution in [3.8, 4) is 0 Å². The van der Waals surface area contributed by atoms with Crippen LogP contribution in [-0.4, -0.2) is 45.6 Å². The van der Waals surface area contributed by atoms with Crippen LogP contribution in [0.2, 0.25) is 0 Å². The van der Waals surface area contributed by atoms with Crippen molar-refractivity contribution in [3.63, 3.8) is 0 Å². The molecule has 6 nitrogen and oxygen atoms in total. The Balaban J connectivity index is 1.51. The van der Waals surface area contributed by atoms with Gasteiger partial charge in [-0.2, -0.15) is 0 Å². The maximum Gasteiger partial charge on any atom is 0.316 e. The van der Waals surface area contributed by atoms with Crippen LogP contribution in [0.4, 0.5) is 0 Å². The first-order chi connectivity index (χ1) is 15.0. The second-order valence-electron chi connectivity index (χ2n) is 11.2. The number of alkyl halides is 1.